The zero-order valence-electron chi connectivity index (χ0n) is 13.6. The molecule has 0 aliphatic rings. The van der Waals surface area contributed by atoms with Crippen molar-refractivity contribution in [2.45, 2.75) is 23.6 Å². The number of rotatable bonds is 4. The standard InChI is InChI=1S/C18H15FO5S/c1-3-23-15-6-4-5-12-10-16(18(20)24-17(12)15)25(21,22)13-7-8-14(19)11(2)9-13/h4-10H,3H2,1-2H3. The second kappa shape index (κ2) is 6.33. The lowest BCUT2D eigenvalue weighted by molar-refractivity contribution is 0.336. The van der Waals surface area contributed by atoms with Gasteiger partial charge < -0.3 is 9.15 Å². The molecule has 0 radical (unpaired) electrons. The van der Waals surface area contributed by atoms with Crippen molar-refractivity contribution in [2.24, 2.45) is 0 Å². The summed E-state index contributed by atoms with van der Waals surface area (Å²) in [4.78, 5) is 11.6. The Morgan fingerprint density at radius 1 is 1.16 bits per heavy atom. The van der Waals surface area contributed by atoms with Crippen molar-refractivity contribution in [1.82, 2.24) is 0 Å². The van der Waals surface area contributed by atoms with Gasteiger partial charge in [0, 0.05) is 5.39 Å². The highest BCUT2D eigenvalue weighted by Gasteiger charge is 2.24. The predicted molar refractivity (Wildman–Crippen MR) is 90.2 cm³/mol. The van der Waals surface area contributed by atoms with E-state index < -0.39 is 26.2 Å². The van der Waals surface area contributed by atoms with Gasteiger partial charge in [-0.25, -0.2) is 17.6 Å². The lowest BCUT2D eigenvalue weighted by atomic mass is 10.2. The molecular formula is C18H15FO5S. The molecule has 1 heterocycles. The molecule has 5 nitrogen and oxygen atoms in total. The van der Waals surface area contributed by atoms with Gasteiger partial charge in [0.05, 0.1) is 11.5 Å². The minimum Gasteiger partial charge on any atom is -0.490 e. The summed E-state index contributed by atoms with van der Waals surface area (Å²) in [6, 6.07) is 9.53. The van der Waals surface area contributed by atoms with Gasteiger partial charge in [-0.15, -0.1) is 0 Å². The summed E-state index contributed by atoms with van der Waals surface area (Å²) >= 11 is 0. The molecule has 0 amide bonds. The molecule has 0 atom stereocenters. The molecule has 2 aromatic carbocycles. The van der Waals surface area contributed by atoms with Gasteiger partial charge in [-0.2, -0.15) is 0 Å². The van der Waals surface area contributed by atoms with Crippen LogP contribution in [0, 0.1) is 12.7 Å². The molecule has 0 aliphatic heterocycles. The van der Waals surface area contributed by atoms with Crippen LogP contribution in [0.5, 0.6) is 5.75 Å². The fraction of sp³-hybridized carbons (Fsp3) is 0.167. The third-order valence-electron chi connectivity index (χ3n) is 3.72. The molecule has 0 spiro atoms. The largest absolute Gasteiger partial charge is 0.490 e. The number of para-hydroxylation sites is 1. The SMILES string of the molecule is CCOc1cccc2cc(S(=O)(=O)c3ccc(F)c(C)c3)c(=O)oc12. The number of halogens is 1. The Morgan fingerprint density at radius 3 is 2.60 bits per heavy atom. The van der Waals surface area contributed by atoms with Gasteiger partial charge >= 0.3 is 5.63 Å². The first-order valence-corrected chi connectivity index (χ1v) is 9.04. The number of aryl methyl sites for hydroxylation is 1. The van der Waals surface area contributed by atoms with E-state index in [9.17, 15) is 17.6 Å². The van der Waals surface area contributed by atoms with Crippen molar-refractivity contribution >= 4 is 20.8 Å². The number of sulfone groups is 1. The molecule has 0 aliphatic carbocycles. The topological polar surface area (TPSA) is 73.6 Å². The fourth-order valence-electron chi connectivity index (χ4n) is 2.47. The summed E-state index contributed by atoms with van der Waals surface area (Å²) in [5.41, 5.74) is -0.643. The average molecular weight is 362 g/mol. The van der Waals surface area contributed by atoms with Gasteiger partial charge in [0.15, 0.2) is 16.2 Å². The molecule has 130 valence electrons. The Morgan fingerprint density at radius 2 is 1.92 bits per heavy atom. The molecule has 7 heteroatoms. The van der Waals surface area contributed by atoms with Crippen molar-refractivity contribution in [3.05, 3.63) is 64.3 Å². The van der Waals surface area contributed by atoms with Gasteiger partial charge in [0.1, 0.15) is 5.82 Å². The minimum atomic E-state index is -4.14. The van der Waals surface area contributed by atoms with Crippen LogP contribution in [0.2, 0.25) is 0 Å². The zero-order chi connectivity index (χ0) is 18.2. The molecule has 0 bridgehead atoms. The van der Waals surface area contributed by atoms with Crippen LogP contribution in [0.4, 0.5) is 4.39 Å². The van der Waals surface area contributed by atoms with E-state index in [1.54, 1.807) is 25.1 Å². The first-order valence-electron chi connectivity index (χ1n) is 7.55. The predicted octanol–water partition coefficient (Wildman–Crippen LogP) is 3.47. The van der Waals surface area contributed by atoms with Crippen LogP contribution < -0.4 is 10.4 Å². The van der Waals surface area contributed by atoms with E-state index in [0.717, 1.165) is 12.1 Å². The van der Waals surface area contributed by atoms with Gasteiger partial charge in [-0.05, 0) is 49.7 Å². The van der Waals surface area contributed by atoms with Crippen LogP contribution in [0.15, 0.2) is 61.5 Å². The first-order chi connectivity index (χ1) is 11.8. The van der Waals surface area contributed by atoms with Crippen LogP contribution in [-0.2, 0) is 9.84 Å². The maximum Gasteiger partial charge on any atom is 0.355 e. The molecular weight excluding hydrogens is 347 g/mol. The van der Waals surface area contributed by atoms with Crippen molar-refractivity contribution in [3.63, 3.8) is 0 Å². The molecule has 0 saturated carbocycles. The van der Waals surface area contributed by atoms with Crippen molar-refractivity contribution < 1.29 is 22.0 Å². The van der Waals surface area contributed by atoms with Gasteiger partial charge in [-0.3, -0.25) is 0 Å². The van der Waals surface area contributed by atoms with Crippen LogP contribution in [0.25, 0.3) is 11.0 Å². The molecule has 0 fully saturated rings. The lowest BCUT2D eigenvalue weighted by Gasteiger charge is -2.08. The van der Waals surface area contributed by atoms with Gasteiger partial charge in [-0.1, -0.05) is 12.1 Å². The van der Waals surface area contributed by atoms with E-state index >= 15 is 0 Å². The van der Waals surface area contributed by atoms with Crippen molar-refractivity contribution in [1.29, 1.82) is 0 Å². The third-order valence-corrected chi connectivity index (χ3v) is 5.46. The molecule has 0 unspecified atom stereocenters. The van der Waals surface area contributed by atoms with E-state index in [0.29, 0.717) is 17.7 Å². The molecule has 0 N–H and O–H groups in total. The van der Waals surface area contributed by atoms with Crippen LogP contribution in [-0.4, -0.2) is 15.0 Å². The summed E-state index contributed by atoms with van der Waals surface area (Å²) in [7, 11) is -4.14. The van der Waals surface area contributed by atoms with Crippen LogP contribution >= 0.6 is 0 Å². The Kier molecular flexibility index (Phi) is 4.34. The highest BCUT2D eigenvalue weighted by molar-refractivity contribution is 7.91. The van der Waals surface area contributed by atoms with E-state index in [2.05, 4.69) is 0 Å². The average Bonchev–Trinajstić information content (AvgIpc) is 2.57. The molecule has 25 heavy (non-hydrogen) atoms. The summed E-state index contributed by atoms with van der Waals surface area (Å²) in [6.07, 6.45) is 0. The second-order valence-electron chi connectivity index (χ2n) is 5.42. The van der Waals surface area contributed by atoms with E-state index in [-0.39, 0.29) is 16.0 Å². The van der Waals surface area contributed by atoms with Gasteiger partial charge in [0.2, 0.25) is 9.84 Å². The van der Waals surface area contributed by atoms with Crippen molar-refractivity contribution in [3.8, 4) is 5.75 Å². The molecule has 3 rings (SSSR count). The minimum absolute atomic E-state index is 0.168. The molecule has 0 saturated heterocycles. The maximum absolute atomic E-state index is 13.4. The summed E-state index contributed by atoms with van der Waals surface area (Å²) in [5, 5.41) is 0.419. The third kappa shape index (κ3) is 3.02. The van der Waals surface area contributed by atoms with E-state index in [1.807, 2.05) is 0 Å². The second-order valence-corrected chi connectivity index (χ2v) is 7.34. The van der Waals surface area contributed by atoms with Crippen LogP contribution in [0.1, 0.15) is 12.5 Å². The summed E-state index contributed by atoms with van der Waals surface area (Å²) < 4.78 is 49.5. The summed E-state index contributed by atoms with van der Waals surface area (Å²) in [5.74, 6) is -0.162. The lowest BCUT2D eigenvalue weighted by Crippen LogP contribution is -2.14. The number of fused-ring (bicyclic) bond motifs is 1. The number of hydrogen-bond acceptors (Lipinski definition) is 5. The normalized spacial score (nSPS) is 11.6. The summed E-state index contributed by atoms with van der Waals surface area (Å²) in [6.45, 7) is 3.61. The number of benzene rings is 2. The highest BCUT2D eigenvalue weighted by atomic mass is 32.2. The number of hydrogen-bond donors (Lipinski definition) is 0. The Bertz CT molecular complexity index is 1120. The van der Waals surface area contributed by atoms with Crippen molar-refractivity contribution in [2.75, 3.05) is 6.61 Å². The van der Waals surface area contributed by atoms with E-state index in [1.165, 1.54) is 19.1 Å². The maximum atomic E-state index is 13.4. The van der Waals surface area contributed by atoms with E-state index in [4.69, 9.17) is 9.15 Å². The molecule has 1 aromatic heterocycles. The Hall–Kier alpha value is -2.67. The quantitative estimate of drug-likeness (QED) is 0.525. The Labute approximate surface area is 143 Å². The smallest absolute Gasteiger partial charge is 0.355 e. The fourth-order valence-corrected chi connectivity index (χ4v) is 3.84. The highest BCUT2D eigenvalue weighted by Crippen LogP contribution is 2.28. The molecule has 3 aromatic rings. The number of ether oxygens (including phenoxy) is 1. The Balaban J connectivity index is 2.23. The zero-order valence-corrected chi connectivity index (χ0v) is 14.4. The monoisotopic (exact) mass is 362 g/mol. The van der Waals surface area contributed by atoms with Crippen LogP contribution in [0.3, 0.4) is 0 Å². The van der Waals surface area contributed by atoms with Gasteiger partial charge in [0.25, 0.3) is 0 Å². The first kappa shape index (κ1) is 17.2.